The van der Waals surface area contributed by atoms with Gasteiger partial charge in [-0.1, -0.05) is 12.1 Å². The minimum atomic E-state index is -0.235. The quantitative estimate of drug-likeness (QED) is 0.866. The van der Waals surface area contributed by atoms with Crippen molar-refractivity contribution in [3.05, 3.63) is 53.7 Å². The molecule has 22 heavy (non-hydrogen) atoms. The zero-order valence-corrected chi connectivity index (χ0v) is 12.4. The molecule has 1 unspecified atom stereocenters. The summed E-state index contributed by atoms with van der Waals surface area (Å²) in [5.41, 5.74) is 1.79. The summed E-state index contributed by atoms with van der Waals surface area (Å²) >= 11 is 0. The van der Waals surface area contributed by atoms with Crippen molar-refractivity contribution in [1.29, 1.82) is 0 Å². The van der Waals surface area contributed by atoms with E-state index in [1.807, 2.05) is 0 Å². The molecule has 0 spiro atoms. The van der Waals surface area contributed by atoms with E-state index in [-0.39, 0.29) is 11.9 Å². The molecule has 0 amide bonds. The largest absolute Gasteiger partial charge is 0.480 e. The van der Waals surface area contributed by atoms with Crippen molar-refractivity contribution in [3.63, 3.8) is 0 Å². The molecule has 3 rings (SSSR count). The van der Waals surface area contributed by atoms with Crippen LogP contribution < -0.4 is 4.74 Å². The van der Waals surface area contributed by atoms with Gasteiger partial charge in [0.1, 0.15) is 11.5 Å². The Morgan fingerprint density at radius 3 is 2.82 bits per heavy atom. The Labute approximate surface area is 128 Å². The smallest absolute Gasteiger partial charge is 0.236 e. The van der Waals surface area contributed by atoms with E-state index in [0.717, 1.165) is 24.3 Å². The highest BCUT2D eigenvalue weighted by atomic mass is 19.1. The van der Waals surface area contributed by atoms with Crippen molar-refractivity contribution in [2.24, 2.45) is 0 Å². The number of hydrogen-bond acceptors (Lipinski definition) is 5. The Hall–Kier alpha value is -2.05. The predicted molar refractivity (Wildman–Crippen MR) is 79.0 cm³/mol. The van der Waals surface area contributed by atoms with Crippen molar-refractivity contribution < 1.29 is 13.9 Å². The Morgan fingerprint density at radius 1 is 1.27 bits per heavy atom. The van der Waals surface area contributed by atoms with Gasteiger partial charge in [0.2, 0.25) is 5.88 Å². The fourth-order valence-corrected chi connectivity index (χ4v) is 2.57. The normalized spacial score (nSPS) is 19.1. The summed E-state index contributed by atoms with van der Waals surface area (Å²) in [6.45, 7) is 2.82. The third kappa shape index (κ3) is 3.40. The van der Waals surface area contributed by atoms with Crippen LogP contribution in [0.15, 0.2) is 36.7 Å². The second-order valence-corrected chi connectivity index (χ2v) is 5.16. The van der Waals surface area contributed by atoms with Gasteiger partial charge in [-0.25, -0.2) is 9.37 Å². The highest BCUT2D eigenvalue weighted by Gasteiger charge is 2.23. The summed E-state index contributed by atoms with van der Waals surface area (Å²) in [5, 5.41) is 0. The zero-order chi connectivity index (χ0) is 15.4. The molecule has 0 bridgehead atoms. The van der Waals surface area contributed by atoms with Gasteiger partial charge in [-0.15, -0.1) is 0 Å². The molecule has 0 saturated carbocycles. The molecular formula is C16H18FN3O2. The van der Waals surface area contributed by atoms with Gasteiger partial charge in [-0.05, 0) is 17.7 Å². The van der Waals surface area contributed by atoms with Gasteiger partial charge in [0.15, 0.2) is 0 Å². The van der Waals surface area contributed by atoms with E-state index in [9.17, 15) is 4.39 Å². The minimum Gasteiger partial charge on any atom is -0.480 e. The maximum atomic E-state index is 13.0. The van der Waals surface area contributed by atoms with Gasteiger partial charge >= 0.3 is 0 Å². The first kappa shape index (κ1) is 14.9. The van der Waals surface area contributed by atoms with E-state index in [2.05, 4.69) is 14.9 Å². The van der Waals surface area contributed by atoms with Crippen molar-refractivity contribution in [2.45, 2.75) is 12.6 Å². The van der Waals surface area contributed by atoms with E-state index in [0.29, 0.717) is 19.0 Å². The molecule has 0 radical (unpaired) electrons. The van der Waals surface area contributed by atoms with Gasteiger partial charge in [0.25, 0.3) is 0 Å². The lowest BCUT2D eigenvalue weighted by molar-refractivity contribution is -0.0335. The maximum Gasteiger partial charge on any atom is 0.236 e. The zero-order valence-electron chi connectivity index (χ0n) is 12.4. The summed E-state index contributed by atoms with van der Waals surface area (Å²) in [6, 6.07) is 6.46. The van der Waals surface area contributed by atoms with Crippen LogP contribution in [0.2, 0.25) is 0 Å². The molecule has 5 nitrogen and oxygen atoms in total. The van der Waals surface area contributed by atoms with E-state index in [4.69, 9.17) is 9.47 Å². The SMILES string of the molecule is COc1nccnc1CN1CCOC(c2ccc(F)cc2)C1. The second kappa shape index (κ2) is 6.81. The van der Waals surface area contributed by atoms with Gasteiger partial charge in [-0.2, -0.15) is 0 Å². The van der Waals surface area contributed by atoms with Crippen molar-refractivity contribution in [1.82, 2.24) is 14.9 Å². The number of methoxy groups -OCH3 is 1. The van der Waals surface area contributed by atoms with Crippen LogP contribution in [-0.4, -0.2) is 41.7 Å². The summed E-state index contributed by atoms with van der Waals surface area (Å²) in [6.07, 6.45) is 3.22. The number of morpholine rings is 1. The Morgan fingerprint density at radius 2 is 2.05 bits per heavy atom. The van der Waals surface area contributed by atoms with Gasteiger partial charge < -0.3 is 9.47 Å². The number of nitrogens with zero attached hydrogens (tertiary/aromatic N) is 3. The van der Waals surface area contributed by atoms with Crippen LogP contribution in [0, 0.1) is 5.82 Å². The van der Waals surface area contributed by atoms with Crippen LogP contribution in [0.3, 0.4) is 0 Å². The molecule has 1 saturated heterocycles. The van der Waals surface area contributed by atoms with Crippen LogP contribution in [0.1, 0.15) is 17.4 Å². The van der Waals surface area contributed by atoms with E-state index in [1.165, 1.54) is 12.1 Å². The molecule has 0 aliphatic carbocycles. The second-order valence-electron chi connectivity index (χ2n) is 5.16. The molecule has 116 valence electrons. The molecule has 1 aliphatic rings. The van der Waals surface area contributed by atoms with E-state index < -0.39 is 0 Å². The Kier molecular flexibility index (Phi) is 4.60. The fraction of sp³-hybridized carbons (Fsp3) is 0.375. The molecule has 1 aromatic heterocycles. The average Bonchev–Trinajstić information content (AvgIpc) is 2.56. The maximum absolute atomic E-state index is 13.0. The first-order chi connectivity index (χ1) is 10.8. The van der Waals surface area contributed by atoms with Crippen molar-refractivity contribution >= 4 is 0 Å². The molecule has 6 heteroatoms. The Balaban J connectivity index is 1.69. The minimum absolute atomic E-state index is 0.0583. The predicted octanol–water partition coefficient (Wildman–Crippen LogP) is 2.20. The highest BCUT2D eigenvalue weighted by molar-refractivity contribution is 5.20. The molecule has 1 fully saturated rings. The van der Waals surface area contributed by atoms with Gasteiger partial charge in [0, 0.05) is 32.0 Å². The third-order valence-corrected chi connectivity index (χ3v) is 3.69. The first-order valence-corrected chi connectivity index (χ1v) is 7.19. The standard InChI is InChI=1S/C16H18FN3O2/c1-21-16-14(18-6-7-19-16)10-20-8-9-22-15(11-20)12-2-4-13(17)5-3-12/h2-7,15H,8-11H2,1H3. The van der Waals surface area contributed by atoms with Gasteiger partial charge in [-0.3, -0.25) is 9.88 Å². The lowest BCUT2D eigenvalue weighted by Crippen LogP contribution is -2.38. The van der Waals surface area contributed by atoms with Crippen LogP contribution in [0.4, 0.5) is 4.39 Å². The van der Waals surface area contributed by atoms with Gasteiger partial charge in [0.05, 0.1) is 19.8 Å². The topological polar surface area (TPSA) is 47.5 Å². The lowest BCUT2D eigenvalue weighted by atomic mass is 10.1. The van der Waals surface area contributed by atoms with Crippen molar-refractivity contribution in [2.75, 3.05) is 26.8 Å². The average molecular weight is 303 g/mol. The molecule has 1 aromatic carbocycles. The third-order valence-electron chi connectivity index (χ3n) is 3.69. The molecule has 1 aliphatic heterocycles. The van der Waals surface area contributed by atoms with Crippen LogP contribution in [0.5, 0.6) is 5.88 Å². The summed E-state index contributed by atoms with van der Waals surface area (Å²) in [4.78, 5) is 10.7. The molecule has 2 heterocycles. The van der Waals surface area contributed by atoms with Crippen LogP contribution in [0.25, 0.3) is 0 Å². The first-order valence-electron chi connectivity index (χ1n) is 7.19. The summed E-state index contributed by atoms with van der Waals surface area (Å²) in [7, 11) is 1.59. The highest BCUT2D eigenvalue weighted by Crippen LogP contribution is 2.24. The number of hydrogen-bond donors (Lipinski definition) is 0. The van der Waals surface area contributed by atoms with Crippen LogP contribution >= 0.6 is 0 Å². The lowest BCUT2D eigenvalue weighted by Gasteiger charge is -2.33. The Bertz CT molecular complexity index is 621. The van der Waals surface area contributed by atoms with Crippen molar-refractivity contribution in [3.8, 4) is 5.88 Å². The monoisotopic (exact) mass is 303 g/mol. The molecule has 1 atom stereocenters. The van der Waals surface area contributed by atoms with E-state index in [1.54, 1.807) is 31.6 Å². The summed E-state index contributed by atoms with van der Waals surface area (Å²) in [5.74, 6) is 0.313. The fourth-order valence-electron chi connectivity index (χ4n) is 2.57. The molecule has 0 N–H and O–H groups in total. The number of ether oxygens (including phenoxy) is 2. The van der Waals surface area contributed by atoms with E-state index >= 15 is 0 Å². The van der Waals surface area contributed by atoms with Crippen LogP contribution in [-0.2, 0) is 11.3 Å². The molecular weight excluding hydrogens is 285 g/mol. The molecule has 2 aromatic rings. The number of benzene rings is 1. The summed E-state index contributed by atoms with van der Waals surface area (Å²) < 4.78 is 24.1. The number of halogens is 1. The number of rotatable bonds is 4. The number of aromatic nitrogens is 2.